The van der Waals surface area contributed by atoms with Gasteiger partial charge in [0.05, 0.1) is 16.8 Å². The minimum absolute atomic E-state index is 0.00619. The molecule has 0 radical (unpaired) electrons. The van der Waals surface area contributed by atoms with E-state index in [9.17, 15) is 0 Å². The molecular formula is C65H63N. The molecule has 8 aromatic carbocycles. The molecule has 1 heteroatoms. The second kappa shape index (κ2) is 15.3. The molecule has 11 rings (SSSR count). The Labute approximate surface area is 394 Å². The van der Waals surface area contributed by atoms with E-state index in [4.69, 9.17) is 0 Å². The third-order valence-electron chi connectivity index (χ3n) is 16.3. The number of fused-ring (bicyclic) bond motifs is 5. The number of benzene rings is 8. The third-order valence-corrected chi connectivity index (χ3v) is 16.3. The van der Waals surface area contributed by atoms with Crippen LogP contribution < -0.4 is 4.90 Å². The number of hydrogen-bond acceptors (Lipinski definition) is 1. The Bertz CT molecular complexity index is 3080. The summed E-state index contributed by atoms with van der Waals surface area (Å²) in [6.45, 7) is 19.6. The normalized spacial score (nSPS) is 17.8. The summed E-state index contributed by atoms with van der Waals surface area (Å²) in [7, 11) is 0. The summed E-state index contributed by atoms with van der Waals surface area (Å²) in [6.07, 6.45) is 4.65. The van der Waals surface area contributed by atoms with E-state index in [-0.39, 0.29) is 21.7 Å². The smallest absolute Gasteiger partial charge is 0.0714 e. The summed E-state index contributed by atoms with van der Waals surface area (Å²) in [5.74, 6) is 0. The second-order valence-corrected chi connectivity index (χ2v) is 22.2. The summed E-state index contributed by atoms with van der Waals surface area (Å²) in [6, 6.07) is 71.9. The number of hydrogen-bond donors (Lipinski definition) is 0. The fraction of sp³-hybridized carbons (Fsp3) is 0.262. The van der Waals surface area contributed by atoms with Gasteiger partial charge in [-0.1, -0.05) is 207 Å². The first kappa shape index (κ1) is 42.2. The van der Waals surface area contributed by atoms with Crippen LogP contribution in [-0.4, -0.2) is 0 Å². The molecule has 3 aliphatic rings. The van der Waals surface area contributed by atoms with Crippen molar-refractivity contribution in [1.82, 2.24) is 0 Å². The maximum Gasteiger partial charge on any atom is 0.0714 e. The molecule has 0 aromatic heterocycles. The first-order valence-corrected chi connectivity index (χ1v) is 24.4. The fourth-order valence-corrected chi connectivity index (χ4v) is 12.3. The van der Waals surface area contributed by atoms with E-state index in [0.29, 0.717) is 0 Å². The van der Waals surface area contributed by atoms with Gasteiger partial charge >= 0.3 is 0 Å². The molecular weight excluding hydrogens is 795 g/mol. The number of anilines is 3. The Kier molecular flexibility index (Phi) is 9.79. The Morgan fingerprint density at radius 3 is 1.32 bits per heavy atom. The monoisotopic (exact) mass is 857 g/mol. The zero-order chi connectivity index (χ0) is 45.6. The lowest BCUT2D eigenvalue weighted by Crippen LogP contribution is -2.34. The molecule has 3 aliphatic carbocycles. The Balaban J connectivity index is 1.31. The lowest BCUT2D eigenvalue weighted by Gasteiger charge is -2.43. The molecule has 1 nitrogen and oxygen atoms in total. The first-order valence-electron chi connectivity index (χ1n) is 24.4. The number of rotatable bonds is 7. The highest BCUT2D eigenvalue weighted by molar-refractivity contribution is 5.99. The van der Waals surface area contributed by atoms with Crippen molar-refractivity contribution in [2.75, 3.05) is 4.90 Å². The molecule has 66 heavy (non-hydrogen) atoms. The Morgan fingerprint density at radius 1 is 0.303 bits per heavy atom. The second-order valence-electron chi connectivity index (χ2n) is 22.2. The Hall–Kier alpha value is -6.44. The van der Waals surface area contributed by atoms with E-state index in [1.807, 2.05) is 0 Å². The van der Waals surface area contributed by atoms with Crippen molar-refractivity contribution in [3.8, 4) is 33.4 Å². The highest BCUT2D eigenvalue weighted by Gasteiger charge is 2.47. The number of nitrogens with zero attached hydrogens (tertiary/aromatic N) is 1. The van der Waals surface area contributed by atoms with Gasteiger partial charge in [-0.2, -0.15) is 0 Å². The predicted octanol–water partition coefficient (Wildman–Crippen LogP) is 17.6. The molecule has 0 spiro atoms. The molecule has 0 fully saturated rings. The van der Waals surface area contributed by atoms with Crippen LogP contribution in [0.15, 0.2) is 188 Å². The van der Waals surface area contributed by atoms with Crippen LogP contribution in [0.2, 0.25) is 0 Å². The van der Waals surface area contributed by atoms with Gasteiger partial charge in [0.2, 0.25) is 0 Å². The SMILES string of the molecule is CC1(C)CCC(C)(C)c2cc(-c3cc4c(cc3N(c3ccccc3)c3cc5c(cc3-c3ccccc3)C(C)(C)CCC5(C)C)C(c3ccccc3)(c3ccccc3)c3ccccc3-4)ccc21. The van der Waals surface area contributed by atoms with Gasteiger partial charge in [0, 0.05) is 16.8 Å². The molecule has 0 unspecified atom stereocenters. The predicted molar refractivity (Wildman–Crippen MR) is 280 cm³/mol. The van der Waals surface area contributed by atoms with Gasteiger partial charge < -0.3 is 4.90 Å². The van der Waals surface area contributed by atoms with Crippen molar-refractivity contribution >= 4 is 17.1 Å². The van der Waals surface area contributed by atoms with Crippen molar-refractivity contribution in [3.63, 3.8) is 0 Å². The summed E-state index contributed by atoms with van der Waals surface area (Å²) in [4.78, 5) is 2.63. The summed E-state index contributed by atoms with van der Waals surface area (Å²) in [5, 5.41) is 0. The molecule has 0 saturated carbocycles. The molecule has 0 heterocycles. The quantitative estimate of drug-likeness (QED) is 0.154. The van der Waals surface area contributed by atoms with Gasteiger partial charge in [0.15, 0.2) is 0 Å². The van der Waals surface area contributed by atoms with E-state index in [1.165, 1.54) is 95.7 Å². The van der Waals surface area contributed by atoms with E-state index in [2.05, 4.69) is 248 Å². The van der Waals surface area contributed by atoms with Gasteiger partial charge in [-0.3, -0.25) is 0 Å². The zero-order valence-electron chi connectivity index (χ0n) is 40.2. The van der Waals surface area contributed by atoms with Crippen molar-refractivity contribution in [1.29, 1.82) is 0 Å². The van der Waals surface area contributed by atoms with E-state index < -0.39 is 5.41 Å². The largest absolute Gasteiger partial charge is 0.309 e. The van der Waals surface area contributed by atoms with E-state index in [1.54, 1.807) is 0 Å². The minimum Gasteiger partial charge on any atom is -0.309 e. The van der Waals surface area contributed by atoms with E-state index >= 15 is 0 Å². The standard InChI is InChI=1S/C65H63N/c1-61(2)35-36-62(3,4)56-39-45(33-34-54(56)61)50-40-52-49-31-21-22-32-53(49)65(46-25-15-10-16-26-46,47-27-17-11-18-28-47)55(52)42-59(50)66(48-29-19-12-20-30-48)60-43-58-57(63(5,6)37-38-64(58,7)8)41-51(60)44-23-13-9-14-24-44/h9-34,39-43H,35-38H2,1-8H3. The summed E-state index contributed by atoms with van der Waals surface area (Å²) >= 11 is 0. The van der Waals surface area contributed by atoms with Crippen LogP contribution in [0.25, 0.3) is 33.4 Å². The average molecular weight is 858 g/mol. The molecule has 0 N–H and O–H groups in total. The lowest BCUT2D eigenvalue weighted by atomic mass is 9.62. The molecule has 8 aromatic rings. The van der Waals surface area contributed by atoms with E-state index in [0.717, 1.165) is 24.9 Å². The van der Waals surface area contributed by atoms with Crippen molar-refractivity contribution in [2.45, 2.75) is 108 Å². The van der Waals surface area contributed by atoms with Gasteiger partial charge in [-0.25, -0.2) is 0 Å². The Morgan fingerprint density at radius 2 is 0.742 bits per heavy atom. The fourth-order valence-electron chi connectivity index (χ4n) is 12.3. The van der Waals surface area contributed by atoms with Gasteiger partial charge in [-0.05, 0) is 151 Å². The lowest BCUT2D eigenvalue weighted by molar-refractivity contribution is 0.332. The molecule has 0 aliphatic heterocycles. The van der Waals surface area contributed by atoms with Crippen LogP contribution in [0, 0.1) is 0 Å². The van der Waals surface area contributed by atoms with Crippen molar-refractivity contribution < 1.29 is 0 Å². The van der Waals surface area contributed by atoms with Crippen LogP contribution in [0.4, 0.5) is 17.1 Å². The van der Waals surface area contributed by atoms with Gasteiger partial charge in [0.25, 0.3) is 0 Å². The average Bonchev–Trinajstić information content (AvgIpc) is 3.63. The summed E-state index contributed by atoms with van der Waals surface area (Å²) < 4.78 is 0. The van der Waals surface area contributed by atoms with Crippen LogP contribution >= 0.6 is 0 Å². The van der Waals surface area contributed by atoms with Crippen molar-refractivity contribution in [2.24, 2.45) is 0 Å². The molecule has 0 bridgehead atoms. The number of para-hydroxylation sites is 1. The first-order chi connectivity index (χ1) is 31.7. The van der Waals surface area contributed by atoms with Crippen molar-refractivity contribution in [3.05, 3.63) is 233 Å². The zero-order valence-corrected chi connectivity index (χ0v) is 40.2. The van der Waals surface area contributed by atoms with Gasteiger partial charge in [-0.15, -0.1) is 0 Å². The van der Waals surface area contributed by atoms with Crippen LogP contribution in [0.1, 0.15) is 126 Å². The third kappa shape index (κ3) is 6.56. The highest BCUT2D eigenvalue weighted by Crippen LogP contribution is 2.60. The van der Waals surface area contributed by atoms with Crippen LogP contribution in [0.5, 0.6) is 0 Å². The molecule has 0 amide bonds. The van der Waals surface area contributed by atoms with Crippen LogP contribution in [-0.2, 0) is 27.1 Å². The molecule has 0 saturated heterocycles. The maximum atomic E-state index is 2.63. The topological polar surface area (TPSA) is 3.24 Å². The van der Waals surface area contributed by atoms with Crippen LogP contribution in [0.3, 0.4) is 0 Å². The van der Waals surface area contributed by atoms with Gasteiger partial charge in [0.1, 0.15) is 0 Å². The maximum absolute atomic E-state index is 2.63. The highest BCUT2D eigenvalue weighted by atomic mass is 15.1. The minimum atomic E-state index is -0.559. The summed E-state index contributed by atoms with van der Waals surface area (Å²) in [5.41, 5.74) is 21.8. The molecule has 0 atom stereocenters. The molecule has 328 valence electrons.